The van der Waals surface area contributed by atoms with Crippen molar-refractivity contribution in [3.63, 3.8) is 0 Å². The van der Waals surface area contributed by atoms with Crippen molar-refractivity contribution in [1.82, 2.24) is 4.98 Å². The second-order valence-corrected chi connectivity index (χ2v) is 4.84. The number of carboxylic acid groups (broad SMARTS) is 1. The van der Waals surface area contributed by atoms with Crippen LogP contribution in [0.2, 0.25) is 0 Å². The average Bonchev–Trinajstić information content (AvgIpc) is 2.16. The minimum Gasteiger partial charge on any atom is -0.477 e. The third-order valence-corrected chi connectivity index (χ3v) is 1.97. The van der Waals surface area contributed by atoms with Crippen LogP contribution in [0.15, 0.2) is 18.2 Å². The number of aromatic nitrogens is 1. The van der Waals surface area contributed by atoms with E-state index in [1.807, 2.05) is 0 Å². The van der Waals surface area contributed by atoms with E-state index in [2.05, 4.69) is 22.9 Å². The van der Waals surface area contributed by atoms with Crippen LogP contribution < -0.4 is 5.32 Å². The molecule has 0 aliphatic heterocycles. The highest BCUT2D eigenvalue weighted by atomic mass is 32.1. The Morgan fingerprint density at radius 1 is 1.44 bits per heavy atom. The van der Waals surface area contributed by atoms with Gasteiger partial charge in [0.2, 0.25) is 5.91 Å². The summed E-state index contributed by atoms with van der Waals surface area (Å²) in [6.07, 6.45) is 0. The second kappa shape index (κ2) is 4.52. The topological polar surface area (TPSA) is 79.3 Å². The minimum absolute atomic E-state index is 0.116. The molecular formula is C10H12N2O3S. The van der Waals surface area contributed by atoms with Crippen LogP contribution >= 0.6 is 12.6 Å². The number of carboxylic acids is 1. The molecule has 0 aliphatic rings. The fraction of sp³-hybridized carbons (Fsp3) is 0.300. The van der Waals surface area contributed by atoms with E-state index in [4.69, 9.17) is 5.11 Å². The van der Waals surface area contributed by atoms with Crippen LogP contribution in [-0.4, -0.2) is 26.7 Å². The summed E-state index contributed by atoms with van der Waals surface area (Å²) >= 11 is 4.09. The van der Waals surface area contributed by atoms with Crippen molar-refractivity contribution in [2.45, 2.75) is 18.6 Å². The van der Waals surface area contributed by atoms with E-state index in [9.17, 15) is 9.59 Å². The Kier molecular flexibility index (Phi) is 3.54. The van der Waals surface area contributed by atoms with E-state index in [0.717, 1.165) is 0 Å². The van der Waals surface area contributed by atoms with Crippen molar-refractivity contribution in [1.29, 1.82) is 0 Å². The predicted octanol–water partition coefficient (Wildman–Crippen LogP) is 1.43. The van der Waals surface area contributed by atoms with Gasteiger partial charge >= 0.3 is 5.97 Å². The third-order valence-electron chi connectivity index (χ3n) is 1.77. The molecule has 16 heavy (non-hydrogen) atoms. The van der Waals surface area contributed by atoms with Crippen molar-refractivity contribution in [2.24, 2.45) is 0 Å². The Labute approximate surface area is 98.3 Å². The number of nitrogens with zero attached hydrogens (tertiary/aromatic N) is 1. The number of amides is 1. The summed E-state index contributed by atoms with van der Waals surface area (Å²) < 4.78 is -0.846. The number of carbonyl (C=O) groups excluding carboxylic acids is 1. The van der Waals surface area contributed by atoms with Gasteiger partial charge in [-0.05, 0) is 26.0 Å². The van der Waals surface area contributed by atoms with Gasteiger partial charge in [-0.3, -0.25) is 4.79 Å². The quantitative estimate of drug-likeness (QED) is 0.698. The van der Waals surface area contributed by atoms with Crippen molar-refractivity contribution < 1.29 is 14.7 Å². The molecule has 1 rings (SSSR count). The van der Waals surface area contributed by atoms with Crippen LogP contribution in [0.3, 0.4) is 0 Å². The van der Waals surface area contributed by atoms with Gasteiger partial charge in [0, 0.05) is 0 Å². The molecule has 0 saturated heterocycles. The lowest BCUT2D eigenvalue weighted by Crippen LogP contribution is -2.32. The molecule has 1 aromatic rings. The molecule has 86 valence electrons. The smallest absolute Gasteiger partial charge is 0.354 e. The number of aromatic carboxylic acids is 1. The molecule has 5 nitrogen and oxygen atoms in total. The van der Waals surface area contributed by atoms with Gasteiger partial charge in [0.15, 0.2) is 5.69 Å². The minimum atomic E-state index is -1.14. The Morgan fingerprint density at radius 2 is 2.06 bits per heavy atom. The highest BCUT2D eigenvalue weighted by Gasteiger charge is 2.22. The van der Waals surface area contributed by atoms with Crippen LogP contribution in [-0.2, 0) is 4.79 Å². The zero-order valence-electron chi connectivity index (χ0n) is 8.89. The number of nitrogens with one attached hydrogen (secondary N) is 1. The normalized spacial score (nSPS) is 10.9. The lowest BCUT2D eigenvalue weighted by molar-refractivity contribution is -0.117. The summed E-state index contributed by atoms with van der Waals surface area (Å²) in [6, 6.07) is 4.38. The fourth-order valence-corrected chi connectivity index (χ4v) is 0.949. The Hall–Kier alpha value is -1.56. The zero-order chi connectivity index (χ0) is 12.3. The molecule has 1 heterocycles. The van der Waals surface area contributed by atoms with Crippen LogP contribution in [0.5, 0.6) is 0 Å². The largest absolute Gasteiger partial charge is 0.477 e. The molecule has 0 aliphatic carbocycles. The van der Waals surface area contributed by atoms with Gasteiger partial charge in [0.1, 0.15) is 5.82 Å². The summed E-state index contributed by atoms with van der Waals surface area (Å²) in [7, 11) is 0. The van der Waals surface area contributed by atoms with Gasteiger partial charge in [0.25, 0.3) is 0 Å². The van der Waals surface area contributed by atoms with Gasteiger partial charge in [-0.2, -0.15) is 12.6 Å². The number of thiol groups is 1. The van der Waals surface area contributed by atoms with Gasteiger partial charge in [-0.25, -0.2) is 9.78 Å². The van der Waals surface area contributed by atoms with Crippen molar-refractivity contribution in [3.8, 4) is 0 Å². The molecule has 6 heteroatoms. The standard InChI is InChI=1S/C10H12N2O3S/c1-10(2,16)9(15)12-7-5-3-4-6(11-7)8(13)14/h3-5,16H,1-2H3,(H,13,14)(H,11,12,15). The predicted molar refractivity (Wildman–Crippen MR) is 62.9 cm³/mol. The molecule has 2 N–H and O–H groups in total. The molecule has 0 spiro atoms. The average molecular weight is 240 g/mol. The Bertz CT molecular complexity index is 426. The zero-order valence-corrected chi connectivity index (χ0v) is 9.78. The highest BCUT2D eigenvalue weighted by Crippen LogP contribution is 2.15. The summed E-state index contributed by atoms with van der Waals surface area (Å²) in [4.78, 5) is 25.9. The van der Waals surface area contributed by atoms with Crippen LogP contribution in [0.1, 0.15) is 24.3 Å². The van der Waals surface area contributed by atoms with Crippen LogP contribution in [0.4, 0.5) is 5.82 Å². The molecule has 0 bridgehead atoms. The van der Waals surface area contributed by atoms with Gasteiger partial charge in [-0.1, -0.05) is 6.07 Å². The molecule has 0 saturated carbocycles. The Morgan fingerprint density at radius 3 is 2.56 bits per heavy atom. The number of pyridine rings is 1. The molecule has 0 fully saturated rings. The number of anilines is 1. The lowest BCUT2D eigenvalue weighted by Gasteiger charge is -2.16. The van der Waals surface area contributed by atoms with E-state index in [-0.39, 0.29) is 17.4 Å². The molecule has 0 atom stereocenters. The number of carbonyl (C=O) groups is 2. The summed E-state index contributed by atoms with van der Waals surface area (Å²) in [5.74, 6) is -1.28. The first-order valence-corrected chi connectivity index (χ1v) is 4.99. The molecule has 0 unspecified atom stereocenters. The van der Waals surface area contributed by atoms with E-state index >= 15 is 0 Å². The van der Waals surface area contributed by atoms with E-state index < -0.39 is 10.7 Å². The summed E-state index contributed by atoms with van der Waals surface area (Å²) in [6.45, 7) is 3.26. The monoisotopic (exact) mass is 240 g/mol. The van der Waals surface area contributed by atoms with Crippen molar-refractivity contribution >= 4 is 30.3 Å². The van der Waals surface area contributed by atoms with Crippen molar-refractivity contribution in [2.75, 3.05) is 5.32 Å². The number of hydrogen-bond acceptors (Lipinski definition) is 4. The number of hydrogen-bond donors (Lipinski definition) is 3. The third kappa shape index (κ3) is 3.23. The van der Waals surface area contributed by atoms with Crippen molar-refractivity contribution in [3.05, 3.63) is 23.9 Å². The lowest BCUT2D eigenvalue weighted by atomic mass is 10.2. The molecule has 1 aromatic heterocycles. The maximum absolute atomic E-state index is 11.5. The second-order valence-electron chi connectivity index (χ2n) is 3.73. The summed E-state index contributed by atoms with van der Waals surface area (Å²) in [5.41, 5.74) is -0.116. The number of rotatable bonds is 3. The summed E-state index contributed by atoms with van der Waals surface area (Å²) in [5, 5.41) is 11.2. The van der Waals surface area contributed by atoms with E-state index in [0.29, 0.717) is 0 Å². The molecular weight excluding hydrogens is 228 g/mol. The first-order valence-electron chi connectivity index (χ1n) is 4.55. The molecule has 1 amide bonds. The van der Waals surface area contributed by atoms with Crippen LogP contribution in [0, 0.1) is 0 Å². The molecule has 0 aromatic carbocycles. The first-order chi connectivity index (χ1) is 7.30. The molecule has 0 radical (unpaired) electrons. The van der Waals surface area contributed by atoms with Gasteiger partial charge in [0.05, 0.1) is 4.75 Å². The SMILES string of the molecule is CC(C)(S)C(=O)Nc1cccc(C(=O)O)n1. The first kappa shape index (κ1) is 12.5. The van der Waals surface area contributed by atoms with Gasteiger partial charge in [-0.15, -0.1) is 0 Å². The Balaban J connectivity index is 2.87. The maximum Gasteiger partial charge on any atom is 0.354 e. The van der Waals surface area contributed by atoms with E-state index in [1.165, 1.54) is 18.2 Å². The fourth-order valence-electron chi connectivity index (χ4n) is 0.893. The maximum atomic E-state index is 11.5. The van der Waals surface area contributed by atoms with Crippen LogP contribution in [0.25, 0.3) is 0 Å². The highest BCUT2D eigenvalue weighted by molar-refractivity contribution is 7.82. The van der Waals surface area contributed by atoms with E-state index in [1.54, 1.807) is 13.8 Å². The van der Waals surface area contributed by atoms with Gasteiger partial charge < -0.3 is 10.4 Å².